The number of anilines is 1. The fourth-order valence-electron chi connectivity index (χ4n) is 5.29. The second-order valence-electron chi connectivity index (χ2n) is 10.5. The van der Waals surface area contributed by atoms with Gasteiger partial charge in [-0.15, -0.1) is 0 Å². The molecule has 0 saturated carbocycles. The summed E-state index contributed by atoms with van der Waals surface area (Å²) in [6.45, 7) is 11.3. The first kappa shape index (κ1) is 24.8. The molecule has 1 aromatic heterocycles. The Morgan fingerprint density at radius 3 is 1.92 bits per heavy atom. The molecule has 0 unspecified atom stereocenters. The Labute approximate surface area is 221 Å². The van der Waals surface area contributed by atoms with E-state index in [0.29, 0.717) is 11.8 Å². The highest BCUT2D eigenvalue weighted by Gasteiger charge is 2.22. The number of pyridine rings is 1. The summed E-state index contributed by atoms with van der Waals surface area (Å²) in [4.78, 5) is 5.29. The Balaban J connectivity index is 1.68. The van der Waals surface area contributed by atoms with Crippen molar-refractivity contribution < 1.29 is 0 Å². The predicted octanol–water partition coefficient (Wildman–Crippen LogP) is 9.66. The number of hydrogen-bond donors (Lipinski definition) is 1. The van der Waals surface area contributed by atoms with E-state index < -0.39 is 0 Å². The molecule has 1 N–H and O–H groups in total. The number of nitrogens with one attached hydrogen (secondary N) is 1. The number of rotatable bonds is 7. The lowest BCUT2D eigenvalue weighted by Crippen LogP contribution is -2.18. The maximum Gasteiger partial charge on any atom is 0.0943 e. The van der Waals surface area contributed by atoms with Crippen molar-refractivity contribution in [1.29, 1.82) is 0 Å². The van der Waals surface area contributed by atoms with Crippen LogP contribution in [0.1, 0.15) is 73.5 Å². The van der Waals surface area contributed by atoms with E-state index in [1.54, 1.807) is 0 Å². The molecule has 2 nitrogen and oxygen atoms in total. The van der Waals surface area contributed by atoms with E-state index in [-0.39, 0.29) is 6.04 Å². The zero-order valence-electron chi connectivity index (χ0n) is 22.5. The molecule has 0 spiro atoms. The fraction of sp³-hybridized carbons (Fsp3) is 0.229. The van der Waals surface area contributed by atoms with Gasteiger partial charge < -0.3 is 5.32 Å². The van der Waals surface area contributed by atoms with Gasteiger partial charge in [-0.2, -0.15) is 0 Å². The molecule has 0 aliphatic carbocycles. The molecular weight excluding hydrogens is 448 g/mol. The van der Waals surface area contributed by atoms with Crippen molar-refractivity contribution in [3.63, 3.8) is 0 Å². The van der Waals surface area contributed by atoms with Gasteiger partial charge in [0.15, 0.2) is 0 Å². The number of aromatic nitrogens is 1. The smallest absolute Gasteiger partial charge is 0.0943 e. The Morgan fingerprint density at radius 2 is 1.19 bits per heavy atom. The third kappa shape index (κ3) is 5.02. The summed E-state index contributed by atoms with van der Waals surface area (Å²) in [6, 6.07) is 36.7. The van der Waals surface area contributed by atoms with Gasteiger partial charge in [-0.25, -0.2) is 0 Å². The second-order valence-corrected chi connectivity index (χ2v) is 10.5. The van der Waals surface area contributed by atoms with Crippen molar-refractivity contribution >= 4 is 16.5 Å². The minimum Gasteiger partial charge on any atom is -0.372 e. The van der Waals surface area contributed by atoms with E-state index in [1.807, 2.05) is 0 Å². The van der Waals surface area contributed by atoms with Crippen molar-refractivity contribution in [2.24, 2.45) is 0 Å². The van der Waals surface area contributed by atoms with Crippen molar-refractivity contribution in [2.45, 2.75) is 52.5 Å². The topological polar surface area (TPSA) is 24.9 Å². The van der Waals surface area contributed by atoms with Gasteiger partial charge in [0.2, 0.25) is 0 Å². The van der Waals surface area contributed by atoms with Crippen LogP contribution in [0.2, 0.25) is 0 Å². The highest BCUT2D eigenvalue weighted by atomic mass is 15.0. The number of benzene rings is 4. The molecule has 5 aromatic rings. The molecule has 37 heavy (non-hydrogen) atoms. The van der Waals surface area contributed by atoms with Gasteiger partial charge in [-0.05, 0) is 63.9 Å². The first-order chi connectivity index (χ1) is 17.9. The number of fused-ring (bicyclic) bond motifs is 1. The molecule has 2 heteroatoms. The molecule has 4 aromatic carbocycles. The van der Waals surface area contributed by atoms with Crippen LogP contribution in [0.25, 0.3) is 22.0 Å². The lowest BCUT2D eigenvalue weighted by molar-refractivity contribution is 0.812. The number of para-hydroxylation sites is 1. The summed E-state index contributed by atoms with van der Waals surface area (Å²) in [5.41, 5.74) is 9.60. The highest BCUT2D eigenvalue weighted by molar-refractivity contribution is 5.95. The molecule has 0 amide bonds. The molecule has 0 bridgehead atoms. The lowest BCUT2D eigenvalue weighted by Gasteiger charge is -2.27. The largest absolute Gasteiger partial charge is 0.372 e. The Bertz CT molecular complexity index is 1500. The van der Waals surface area contributed by atoms with Gasteiger partial charge in [-0.1, -0.05) is 119 Å². The van der Waals surface area contributed by atoms with Gasteiger partial charge >= 0.3 is 0 Å². The van der Waals surface area contributed by atoms with E-state index in [0.717, 1.165) is 17.0 Å². The van der Waals surface area contributed by atoms with Crippen LogP contribution in [-0.4, -0.2) is 4.98 Å². The summed E-state index contributed by atoms with van der Waals surface area (Å²) < 4.78 is 0. The van der Waals surface area contributed by atoms with Crippen LogP contribution >= 0.6 is 0 Å². The minimum absolute atomic E-state index is 0.0754. The highest BCUT2D eigenvalue weighted by Crippen LogP contribution is 2.38. The summed E-state index contributed by atoms with van der Waals surface area (Å²) in [7, 11) is 0. The first-order valence-electron chi connectivity index (χ1n) is 13.3. The normalized spacial score (nSPS) is 12.3. The average molecular weight is 485 g/mol. The van der Waals surface area contributed by atoms with Gasteiger partial charge in [0.1, 0.15) is 0 Å². The fourth-order valence-corrected chi connectivity index (χ4v) is 5.29. The van der Waals surface area contributed by atoms with E-state index >= 15 is 0 Å². The van der Waals surface area contributed by atoms with Crippen molar-refractivity contribution in [2.75, 3.05) is 5.32 Å². The molecule has 0 fully saturated rings. The zero-order valence-corrected chi connectivity index (χ0v) is 22.5. The Kier molecular flexibility index (Phi) is 7.10. The molecule has 0 aliphatic rings. The summed E-state index contributed by atoms with van der Waals surface area (Å²) in [6.07, 6.45) is 0. The van der Waals surface area contributed by atoms with Crippen LogP contribution in [0.15, 0.2) is 103 Å². The molecule has 1 atom stereocenters. The molecule has 0 saturated heterocycles. The molecule has 0 aliphatic heterocycles. The summed E-state index contributed by atoms with van der Waals surface area (Å²) in [5, 5.41) is 6.46. The molecule has 5 rings (SSSR count). The van der Waals surface area contributed by atoms with Crippen LogP contribution in [0, 0.1) is 6.92 Å². The van der Waals surface area contributed by atoms with E-state index in [2.05, 4.69) is 143 Å². The predicted molar refractivity (Wildman–Crippen MR) is 158 cm³/mol. The van der Waals surface area contributed by atoms with Crippen molar-refractivity contribution in [3.05, 3.63) is 131 Å². The molecule has 0 radical (unpaired) electrons. The maximum atomic E-state index is 5.29. The molecule has 186 valence electrons. The molecule has 1 heterocycles. The van der Waals surface area contributed by atoms with Crippen LogP contribution in [-0.2, 0) is 0 Å². The summed E-state index contributed by atoms with van der Waals surface area (Å²) >= 11 is 0. The van der Waals surface area contributed by atoms with Crippen LogP contribution in [0.5, 0.6) is 0 Å². The number of hydrogen-bond acceptors (Lipinski definition) is 2. The van der Waals surface area contributed by atoms with Crippen molar-refractivity contribution in [1.82, 2.24) is 4.98 Å². The van der Waals surface area contributed by atoms with Crippen LogP contribution < -0.4 is 5.32 Å². The second kappa shape index (κ2) is 10.6. The Hall–Kier alpha value is -3.91. The standard InChI is InChI=1S/C35H36N2/c1-23(2)27-18-11-19-28(24(3)4)34(27)37-35(29-16-8-6-13-25(29)5)33-22-12-21-32(36-33)31-20-10-15-26-14-7-9-17-30(26)31/h6-24,35,37H,1-5H3/t35-/m1/s1. The van der Waals surface area contributed by atoms with Gasteiger partial charge in [0.05, 0.1) is 17.4 Å². The van der Waals surface area contributed by atoms with E-state index in [4.69, 9.17) is 4.98 Å². The maximum absolute atomic E-state index is 5.29. The monoisotopic (exact) mass is 484 g/mol. The summed E-state index contributed by atoms with van der Waals surface area (Å²) in [5.74, 6) is 0.822. The molecular formula is C35H36N2. The van der Waals surface area contributed by atoms with Gasteiger partial charge in [-0.3, -0.25) is 4.98 Å². The third-order valence-electron chi connectivity index (χ3n) is 7.29. The third-order valence-corrected chi connectivity index (χ3v) is 7.29. The Morgan fingerprint density at radius 1 is 0.595 bits per heavy atom. The average Bonchev–Trinajstić information content (AvgIpc) is 2.91. The van der Waals surface area contributed by atoms with Gasteiger partial charge in [0, 0.05) is 11.3 Å². The zero-order chi connectivity index (χ0) is 25.9. The minimum atomic E-state index is -0.0754. The SMILES string of the molecule is Cc1ccccc1[C@@H](Nc1c(C(C)C)cccc1C(C)C)c1cccc(-c2cccc3ccccc23)n1. The van der Waals surface area contributed by atoms with Gasteiger partial charge in [0.25, 0.3) is 0 Å². The number of nitrogens with zero attached hydrogens (tertiary/aromatic N) is 1. The lowest BCUT2D eigenvalue weighted by atomic mass is 9.90. The van der Waals surface area contributed by atoms with Crippen molar-refractivity contribution in [3.8, 4) is 11.3 Å². The van der Waals surface area contributed by atoms with Crippen LogP contribution in [0.3, 0.4) is 0 Å². The first-order valence-corrected chi connectivity index (χ1v) is 13.3. The van der Waals surface area contributed by atoms with E-state index in [9.17, 15) is 0 Å². The number of aryl methyl sites for hydroxylation is 1. The van der Waals surface area contributed by atoms with Crippen LogP contribution in [0.4, 0.5) is 5.69 Å². The van der Waals surface area contributed by atoms with E-state index in [1.165, 1.54) is 38.7 Å². The quantitative estimate of drug-likeness (QED) is 0.249.